The third kappa shape index (κ3) is 1.79. The minimum Gasteiger partial charge on any atom is -0.464 e. The van der Waals surface area contributed by atoms with E-state index < -0.39 is 0 Å². The summed E-state index contributed by atoms with van der Waals surface area (Å²) in [5.41, 5.74) is 3.24. The molecule has 1 aromatic heterocycles. The summed E-state index contributed by atoms with van der Waals surface area (Å²) in [4.78, 5) is 22.0. The molecule has 0 saturated carbocycles. The first-order chi connectivity index (χ1) is 7.04. The van der Waals surface area contributed by atoms with Crippen LogP contribution in [0.15, 0.2) is 0 Å². The predicted octanol–water partition coefficient (Wildman–Crippen LogP) is 1.17. The lowest BCUT2D eigenvalue weighted by atomic mass is 10.1. The molecule has 0 atom stereocenters. The smallest absolute Gasteiger partial charge is 0.354 e. The fourth-order valence-electron chi connectivity index (χ4n) is 1.79. The SMILES string of the molecule is COC(=O)c1c(C)c(C)c(CC=O)n1C. The van der Waals surface area contributed by atoms with Crippen LogP contribution in [0.25, 0.3) is 0 Å². The molecule has 0 N–H and O–H groups in total. The Morgan fingerprint density at radius 3 is 2.47 bits per heavy atom. The van der Waals surface area contributed by atoms with Crippen LogP contribution < -0.4 is 0 Å². The molecular weight excluding hydrogens is 194 g/mol. The van der Waals surface area contributed by atoms with E-state index in [9.17, 15) is 9.59 Å². The summed E-state index contributed by atoms with van der Waals surface area (Å²) >= 11 is 0. The molecule has 0 spiro atoms. The number of methoxy groups -OCH3 is 1. The van der Waals surface area contributed by atoms with Gasteiger partial charge < -0.3 is 14.1 Å². The van der Waals surface area contributed by atoms with E-state index in [2.05, 4.69) is 0 Å². The summed E-state index contributed by atoms with van der Waals surface area (Å²) in [5, 5.41) is 0. The van der Waals surface area contributed by atoms with Gasteiger partial charge >= 0.3 is 5.97 Å². The number of carbonyl (C=O) groups excluding carboxylic acids is 2. The molecule has 1 aromatic rings. The van der Waals surface area contributed by atoms with Gasteiger partial charge in [-0.1, -0.05) is 0 Å². The van der Waals surface area contributed by atoms with E-state index in [1.54, 1.807) is 11.6 Å². The summed E-state index contributed by atoms with van der Waals surface area (Å²) in [6.45, 7) is 3.76. The number of aromatic nitrogens is 1. The number of aldehydes is 1. The first kappa shape index (κ1) is 11.5. The lowest BCUT2D eigenvalue weighted by molar-refractivity contribution is -0.107. The minimum atomic E-state index is -0.366. The second-order valence-electron chi connectivity index (χ2n) is 3.47. The molecule has 0 aromatic carbocycles. The Morgan fingerprint density at radius 2 is 2.00 bits per heavy atom. The highest BCUT2D eigenvalue weighted by Gasteiger charge is 2.20. The molecule has 0 bridgehead atoms. The van der Waals surface area contributed by atoms with E-state index >= 15 is 0 Å². The topological polar surface area (TPSA) is 48.3 Å². The molecule has 1 rings (SSSR count). The van der Waals surface area contributed by atoms with Crippen molar-refractivity contribution in [2.45, 2.75) is 20.3 Å². The maximum atomic E-state index is 11.5. The Morgan fingerprint density at radius 1 is 1.40 bits per heavy atom. The number of hydrogen-bond acceptors (Lipinski definition) is 3. The molecule has 0 aliphatic rings. The third-order valence-electron chi connectivity index (χ3n) is 2.75. The molecule has 0 fully saturated rings. The Labute approximate surface area is 88.8 Å². The van der Waals surface area contributed by atoms with Gasteiger partial charge in [0.15, 0.2) is 0 Å². The Balaban J connectivity index is 3.35. The number of rotatable bonds is 3. The molecule has 1 heterocycles. The van der Waals surface area contributed by atoms with Gasteiger partial charge in [0.25, 0.3) is 0 Å². The third-order valence-corrected chi connectivity index (χ3v) is 2.75. The number of carbonyl (C=O) groups is 2. The van der Waals surface area contributed by atoms with Gasteiger partial charge in [0.05, 0.1) is 7.11 Å². The van der Waals surface area contributed by atoms with E-state index in [0.717, 1.165) is 23.1 Å². The second kappa shape index (κ2) is 4.29. The zero-order valence-corrected chi connectivity index (χ0v) is 9.46. The first-order valence-electron chi connectivity index (χ1n) is 4.71. The van der Waals surface area contributed by atoms with E-state index in [0.29, 0.717) is 12.1 Å². The highest BCUT2D eigenvalue weighted by molar-refractivity contribution is 5.90. The van der Waals surface area contributed by atoms with Gasteiger partial charge in [0.1, 0.15) is 12.0 Å². The van der Waals surface area contributed by atoms with Crippen LogP contribution >= 0.6 is 0 Å². The molecule has 0 saturated heterocycles. The first-order valence-corrected chi connectivity index (χ1v) is 4.71. The normalized spacial score (nSPS) is 10.1. The lowest BCUT2D eigenvalue weighted by Gasteiger charge is -2.04. The van der Waals surface area contributed by atoms with E-state index in [-0.39, 0.29) is 5.97 Å². The van der Waals surface area contributed by atoms with Crippen molar-refractivity contribution in [3.8, 4) is 0 Å². The van der Waals surface area contributed by atoms with Crippen molar-refractivity contribution < 1.29 is 14.3 Å². The summed E-state index contributed by atoms with van der Waals surface area (Å²) < 4.78 is 6.42. The number of ether oxygens (including phenoxy) is 1. The van der Waals surface area contributed by atoms with Crippen molar-refractivity contribution in [2.75, 3.05) is 7.11 Å². The van der Waals surface area contributed by atoms with Gasteiger partial charge in [-0.05, 0) is 25.0 Å². The van der Waals surface area contributed by atoms with Crippen LogP contribution in [-0.4, -0.2) is 23.9 Å². The van der Waals surface area contributed by atoms with Gasteiger partial charge in [-0.2, -0.15) is 0 Å². The molecule has 0 radical (unpaired) electrons. The Kier molecular flexibility index (Phi) is 3.29. The predicted molar refractivity (Wildman–Crippen MR) is 56.0 cm³/mol. The van der Waals surface area contributed by atoms with Crippen LogP contribution in [0, 0.1) is 13.8 Å². The molecule has 15 heavy (non-hydrogen) atoms. The van der Waals surface area contributed by atoms with E-state index in [1.165, 1.54) is 7.11 Å². The zero-order chi connectivity index (χ0) is 11.6. The number of nitrogens with zero attached hydrogens (tertiary/aromatic N) is 1. The molecule has 82 valence electrons. The van der Waals surface area contributed by atoms with Crippen LogP contribution in [0.5, 0.6) is 0 Å². The van der Waals surface area contributed by atoms with Gasteiger partial charge in [-0.15, -0.1) is 0 Å². The molecule has 4 nitrogen and oxygen atoms in total. The van der Waals surface area contributed by atoms with Crippen molar-refractivity contribution in [1.29, 1.82) is 0 Å². The van der Waals surface area contributed by atoms with Crippen LogP contribution in [0.1, 0.15) is 27.3 Å². The van der Waals surface area contributed by atoms with Crippen LogP contribution in [0.2, 0.25) is 0 Å². The molecular formula is C11H15NO3. The second-order valence-corrected chi connectivity index (χ2v) is 3.47. The monoisotopic (exact) mass is 209 g/mol. The van der Waals surface area contributed by atoms with Gasteiger partial charge in [-0.3, -0.25) is 0 Å². The Bertz CT molecular complexity index is 404. The average molecular weight is 209 g/mol. The molecule has 0 amide bonds. The van der Waals surface area contributed by atoms with Crippen molar-refractivity contribution >= 4 is 12.3 Å². The summed E-state index contributed by atoms with van der Waals surface area (Å²) in [5.74, 6) is -0.366. The fourth-order valence-corrected chi connectivity index (χ4v) is 1.79. The Hall–Kier alpha value is -1.58. The van der Waals surface area contributed by atoms with Crippen LogP contribution in [-0.2, 0) is 23.0 Å². The highest BCUT2D eigenvalue weighted by atomic mass is 16.5. The quantitative estimate of drug-likeness (QED) is 0.554. The van der Waals surface area contributed by atoms with E-state index in [1.807, 2.05) is 13.8 Å². The van der Waals surface area contributed by atoms with Crippen LogP contribution in [0.3, 0.4) is 0 Å². The zero-order valence-electron chi connectivity index (χ0n) is 9.46. The summed E-state index contributed by atoms with van der Waals surface area (Å²) in [6, 6.07) is 0. The van der Waals surface area contributed by atoms with Crippen molar-refractivity contribution in [1.82, 2.24) is 4.57 Å². The van der Waals surface area contributed by atoms with Crippen molar-refractivity contribution in [3.05, 3.63) is 22.5 Å². The maximum Gasteiger partial charge on any atom is 0.354 e. The van der Waals surface area contributed by atoms with Gasteiger partial charge in [-0.25, -0.2) is 4.79 Å². The average Bonchev–Trinajstić information content (AvgIpc) is 2.42. The van der Waals surface area contributed by atoms with Gasteiger partial charge in [0.2, 0.25) is 0 Å². The molecule has 0 aliphatic heterocycles. The van der Waals surface area contributed by atoms with E-state index in [4.69, 9.17) is 4.74 Å². The minimum absolute atomic E-state index is 0.320. The molecule has 0 aliphatic carbocycles. The number of esters is 1. The van der Waals surface area contributed by atoms with Crippen molar-refractivity contribution in [3.63, 3.8) is 0 Å². The standard InChI is InChI=1S/C11H15NO3/c1-7-8(2)10(11(14)15-4)12(3)9(7)5-6-13/h6H,5H2,1-4H3. The van der Waals surface area contributed by atoms with Crippen LogP contribution in [0.4, 0.5) is 0 Å². The largest absolute Gasteiger partial charge is 0.464 e. The fraction of sp³-hybridized carbons (Fsp3) is 0.455. The summed E-state index contributed by atoms with van der Waals surface area (Å²) in [6.07, 6.45) is 1.16. The highest BCUT2D eigenvalue weighted by Crippen LogP contribution is 2.21. The van der Waals surface area contributed by atoms with Gasteiger partial charge in [0, 0.05) is 19.2 Å². The molecule has 4 heteroatoms. The molecule has 0 unspecified atom stereocenters. The van der Waals surface area contributed by atoms with Crippen molar-refractivity contribution in [2.24, 2.45) is 7.05 Å². The lowest BCUT2D eigenvalue weighted by Crippen LogP contribution is -2.10. The maximum absolute atomic E-state index is 11.5. The summed E-state index contributed by atoms with van der Waals surface area (Å²) in [7, 11) is 3.12. The number of hydrogen-bond donors (Lipinski definition) is 0.